The number of H-pyrrole nitrogens is 2. The summed E-state index contributed by atoms with van der Waals surface area (Å²) in [6.07, 6.45) is 6.34. The first-order chi connectivity index (χ1) is 12.8. The molecular formula is C21H23N5. The molecule has 0 amide bonds. The molecule has 0 aliphatic carbocycles. The number of aromatic nitrogens is 3. The molecule has 5 rings (SSSR count). The van der Waals surface area contributed by atoms with Crippen LogP contribution in [-0.4, -0.2) is 39.2 Å². The average Bonchev–Trinajstić information content (AvgIpc) is 3.30. The van der Waals surface area contributed by atoms with Gasteiger partial charge in [0.2, 0.25) is 0 Å². The Morgan fingerprint density at radius 2 is 2.08 bits per heavy atom. The molecule has 1 fully saturated rings. The Kier molecular flexibility index (Phi) is 3.87. The van der Waals surface area contributed by atoms with Gasteiger partial charge in [-0.2, -0.15) is 5.10 Å². The molecule has 5 nitrogen and oxygen atoms in total. The maximum atomic E-state index is 4.10. The summed E-state index contributed by atoms with van der Waals surface area (Å²) in [7, 11) is 0. The molecule has 2 aromatic carbocycles. The summed E-state index contributed by atoms with van der Waals surface area (Å²) in [5, 5.41) is 13.3. The number of hydrogen-bond acceptors (Lipinski definition) is 3. The second-order valence-corrected chi connectivity index (χ2v) is 7.29. The highest BCUT2D eigenvalue weighted by molar-refractivity contribution is 5.82. The minimum Gasteiger partial charge on any atom is -0.381 e. The van der Waals surface area contributed by atoms with E-state index in [4.69, 9.17) is 0 Å². The summed E-state index contributed by atoms with van der Waals surface area (Å²) in [4.78, 5) is 5.87. The molecule has 0 radical (unpaired) electrons. The van der Waals surface area contributed by atoms with E-state index in [0.29, 0.717) is 6.04 Å². The van der Waals surface area contributed by atoms with Crippen molar-refractivity contribution >= 4 is 27.5 Å². The van der Waals surface area contributed by atoms with Crippen molar-refractivity contribution in [2.75, 3.05) is 18.4 Å². The van der Waals surface area contributed by atoms with Gasteiger partial charge in [0.15, 0.2) is 0 Å². The topological polar surface area (TPSA) is 59.7 Å². The summed E-state index contributed by atoms with van der Waals surface area (Å²) in [6.45, 7) is 3.25. The number of nitrogens with one attached hydrogen (secondary N) is 3. The van der Waals surface area contributed by atoms with Gasteiger partial charge in [-0.25, -0.2) is 0 Å². The van der Waals surface area contributed by atoms with Crippen LogP contribution in [0.4, 0.5) is 5.69 Å². The summed E-state index contributed by atoms with van der Waals surface area (Å²) in [5.41, 5.74) is 4.86. The lowest BCUT2D eigenvalue weighted by atomic mass is 10.0. The van der Waals surface area contributed by atoms with Gasteiger partial charge in [0.1, 0.15) is 0 Å². The Bertz CT molecular complexity index is 949. The Morgan fingerprint density at radius 1 is 1.08 bits per heavy atom. The van der Waals surface area contributed by atoms with Gasteiger partial charge in [-0.05, 0) is 60.7 Å². The van der Waals surface area contributed by atoms with Gasteiger partial charge >= 0.3 is 0 Å². The smallest absolute Gasteiger partial charge is 0.0651 e. The van der Waals surface area contributed by atoms with Crippen LogP contribution in [0.1, 0.15) is 18.4 Å². The zero-order valence-corrected chi connectivity index (χ0v) is 14.7. The molecule has 1 atom stereocenters. The first-order valence-corrected chi connectivity index (χ1v) is 9.31. The average molecular weight is 345 g/mol. The lowest BCUT2D eigenvalue weighted by Gasteiger charge is -2.33. The summed E-state index contributed by atoms with van der Waals surface area (Å²) < 4.78 is 0. The van der Waals surface area contributed by atoms with E-state index in [-0.39, 0.29) is 0 Å². The molecule has 1 saturated heterocycles. The lowest BCUT2D eigenvalue weighted by molar-refractivity contribution is 0.208. The first-order valence-electron chi connectivity index (χ1n) is 9.31. The van der Waals surface area contributed by atoms with E-state index in [2.05, 4.69) is 67.9 Å². The predicted octanol–water partition coefficient (Wildman–Crippen LogP) is 4.12. The monoisotopic (exact) mass is 345 g/mol. The van der Waals surface area contributed by atoms with E-state index in [1.54, 1.807) is 0 Å². The number of nitrogens with zero attached hydrogens (tertiary/aromatic N) is 2. The molecule has 3 N–H and O–H groups in total. The predicted molar refractivity (Wildman–Crippen MR) is 106 cm³/mol. The number of benzene rings is 2. The highest BCUT2D eigenvalue weighted by Gasteiger charge is 2.20. The van der Waals surface area contributed by atoms with Crippen molar-refractivity contribution in [2.45, 2.75) is 25.4 Å². The number of fused-ring (bicyclic) bond motifs is 2. The Labute approximate surface area is 152 Å². The van der Waals surface area contributed by atoms with Gasteiger partial charge in [0, 0.05) is 41.9 Å². The van der Waals surface area contributed by atoms with Gasteiger partial charge in [-0.15, -0.1) is 0 Å². The van der Waals surface area contributed by atoms with E-state index >= 15 is 0 Å². The fourth-order valence-electron chi connectivity index (χ4n) is 4.04. The standard InChI is InChI=1S/C21H23N5/c1-2-19(24-18-5-6-20-17(11-18)12-23-25-20)14-26(9-1)13-15-3-4-16-7-8-22-21(16)10-15/h3-8,10-12,19,22,24H,1-2,9,13-14H2,(H,23,25). The third kappa shape index (κ3) is 3.06. The largest absolute Gasteiger partial charge is 0.381 e. The van der Waals surface area contributed by atoms with Crippen LogP contribution < -0.4 is 5.32 Å². The van der Waals surface area contributed by atoms with Gasteiger partial charge in [0.05, 0.1) is 11.7 Å². The van der Waals surface area contributed by atoms with Gasteiger partial charge in [-0.1, -0.05) is 12.1 Å². The maximum absolute atomic E-state index is 4.10. The van der Waals surface area contributed by atoms with E-state index in [1.807, 2.05) is 12.4 Å². The molecule has 0 bridgehead atoms. The fourth-order valence-corrected chi connectivity index (χ4v) is 4.04. The summed E-state index contributed by atoms with van der Waals surface area (Å²) >= 11 is 0. The van der Waals surface area contributed by atoms with Crippen molar-refractivity contribution in [3.05, 3.63) is 60.4 Å². The van der Waals surface area contributed by atoms with Crippen LogP contribution >= 0.6 is 0 Å². The number of piperidine rings is 1. The normalized spacial score (nSPS) is 18.5. The quantitative estimate of drug-likeness (QED) is 0.521. The molecule has 2 aromatic heterocycles. The number of aromatic amines is 2. The number of hydrogen-bond donors (Lipinski definition) is 3. The molecule has 26 heavy (non-hydrogen) atoms. The molecule has 132 valence electrons. The summed E-state index contributed by atoms with van der Waals surface area (Å²) in [5.74, 6) is 0. The third-order valence-corrected chi connectivity index (χ3v) is 5.34. The van der Waals surface area contributed by atoms with Crippen LogP contribution in [0.3, 0.4) is 0 Å². The molecule has 0 saturated carbocycles. The SMILES string of the molecule is c1cc2ccc(CN3CCCC(Nc4ccc5[nH]ncc5c4)C3)cc2[nH]1. The van der Waals surface area contributed by atoms with Gasteiger partial charge in [0.25, 0.3) is 0 Å². The molecule has 1 aliphatic heterocycles. The van der Waals surface area contributed by atoms with E-state index in [1.165, 1.54) is 41.5 Å². The zero-order valence-electron chi connectivity index (χ0n) is 14.7. The minimum absolute atomic E-state index is 0.488. The van der Waals surface area contributed by atoms with E-state index in [9.17, 15) is 0 Å². The third-order valence-electron chi connectivity index (χ3n) is 5.34. The van der Waals surface area contributed by atoms with Crippen LogP contribution in [0.2, 0.25) is 0 Å². The highest BCUT2D eigenvalue weighted by Crippen LogP contribution is 2.22. The zero-order chi connectivity index (χ0) is 17.3. The minimum atomic E-state index is 0.488. The Morgan fingerprint density at radius 3 is 3.08 bits per heavy atom. The van der Waals surface area contributed by atoms with Crippen molar-refractivity contribution in [1.82, 2.24) is 20.1 Å². The van der Waals surface area contributed by atoms with Crippen molar-refractivity contribution < 1.29 is 0 Å². The first kappa shape index (κ1) is 15.5. The fraction of sp³-hybridized carbons (Fsp3) is 0.286. The van der Waals surface area contributed by atoms with E-state index in [0.717, 1.165) is 24.0 Å². The van der Waals surface area contributed by atoms with Crippen molar-refractivity contribution in [2.24, 2.45) is 0 Å². The van der Waals surface area contributed by atoms with Crippen LogP contribution in [0.5, 0.6) is 0 Å². The van der Waals surface area contributed by atoms with Crippen LogP contribution in [0, 0.1) is 0 Å². The van der Waals surface area contributed by atoms with Crippen molar-refractivity contribution in [3.8, 4) is 0 Å². The van der Waals surface area contributed by atoms with Gasteiger partial charge in [-0.3, -0.25) is 10.00 Å². The maximum Gasteiger partial charge on any atom is 0.0651 e. The molecule has 3 heterocycles. The number of likely N-dealkylation sites (tertiary alicyclic amines) is 1. The molecular weight excluding hydrogens is 322 g/mol. The van der Waals surface area contributed by atoms with Crippen LogP contribution in [-0.2, 0) is 6.54 Å². The number of rotatable bonds is 4. The second-order valence-electron chi connectivity index (χ2n) is 7.29. The molecule has 0 spiro atoms. The second kappa shape index (κ2) is 6.50. The van der Waals surface area contributed by atoms with Crippen LogP contribution in [0.25, 0.3) is 21.8 Å². The Balaban J connectivity index is 1.26. The Hall–Kier alpha value is -2.79. The van der Waals surface area contributed by atoms with Crippen LogP contribution in [0.15, 0.2) is 54.9 Å². The van der Waals surface area contributed by atoms with Gasteiger partial charge < -0.3 is 10.3 Å². The molecule has 1 unspecified atom stereocenters. The van der Waals surface area contributed by atoms with Crippen molar-refractivity contribution in [3.63, 3.8) is 0 Å². The molecule has 4 aromatic rings. The lowest BCUT2D eigenvalue weighted by Crippen LogP contribution is -2.41. The van der Waals surface area contributed by atoms with E-state index < -0.39 is 0 Å². The summed E-state index contributed by atoms with van der Waals surface area (Å²) in [6, 6.07) is 15.8. The highest BCUT2D eigenvalue weighted by atomic mass is 15.2. The number of anilines is 1. The molecule has 1 aliphatic rings. The molecule has 5 heteroatoms. The van der Waals surface area contributed by atoms with Crippen molar-refractivity contribution in [1.29, 1.82) is 0 Å².